The fourth-order valence-corrected chi connectivity index (χ4v) is 4.68. The summed E-state index contributed by atoms with van der Waals surface area (Å²) in [7, 11) is 1.32. The highest BCUT2D eigenvalue weighted by Crippen LogP contribution is 2.25. The number of methoxy groups -OCH3 is 1. The molecular weight excluding hydrogens is 432 g/mol. The van der Waals surface area contributed by atoms with Crippen molar-refractivity contribution < 1.29 is 28.3 Å². The molecule has 3 rings (SSSR count). The maximum Gasteiger partial charge on any atom is 0.362 e. The smallest absolute Gasteiger partial charge is 0.362 e. The number of nitrogens with zero attached hydrogens (tertiary/aromatic N) is 1. The molecule has 0 saturated carbocycles. The Balaban J connectivity index is 1.74. The topological polar surface area (TPSA) is 81.7 Å². The predicted molar refractivity (Wildman–Crippen MR) is 130 cm³/mol. The predicted octanol–water partition coefficient (Wildman–Crippen LogP) is 4.16. The first-order chi connectivity index (χ1) is 16.3. The summed E-state index contributed by atoms with van der Waals surface area (Å²) in [6.07, 6.45) is 4.08. The first kappa shape index (κ1) is 25.4. The van der Waals surface area contributed by atoms with Gasteiger partial charge in [-0.25, -0.2) is 9.59 Å². The van der Waals surface area contributed by atoms with Crippen LogP contribution in [0.5, 0.6) is 0 Å². The summed E-state index contributed by atoms with van der Waals surface area (Å²) in [5.41, 5.74) is 3.42. The number of carbonyl (C=O) groups is 3. The number of esters is 2. The number of aryl methyl sites for hydroxylation is 2. The lowest BCUT2D eigenvalue weighted by molar-refractivity contribution is -0.913. The van der Waals surface area contributed by atoms with Crippen LogP contribution in [0.2, 0.25) is 0 Å². The third-order valence-corrected chi connectivity index (χ3v) is 6.35. The zero-order chi connectivity index (χ0) is 24.6. The second-order valence-electron chi connectivity index (χ2n) is 9.21. The van der Waals surface area contributed by atoms with E-state index in [0.717, 1.165) is 55.5 Å². The number of hydrogen-bond donors (Lipinski definition) is 1. The summed E-state index contributed by atoms with van der Waals surface area (Å²) >= 11 is 0. The highest BCUT2D eigenvalue weighted by atomic mass is 16.5. The molecule has 0 bridgehead atoms. The third-order valence-electron chi connectivity index (χ3n) is 6.35. The van der Waals surface area contributed by atoms with Gasteiger partial charge in [-0.3, -0.25) is 4.79 Å². The van der Waals surface area contributed by atoms with Crippen LogP contribution in [0.1, 0.15) is 52.7 Å². The van der Waals surface area contributed by atoms with Crippen molar-refractivity contribution in [2.45, 2.75) is 46.1 Å². The molecular formula is C27H35N2O5+. The van der Waals surface area contributed by atoms with Gasteiger partial charge in [0.15, 0.2) is 13.1 Å². The van der Waals surface area contributed by atoms with Crippen LogP contribution < -0.4 is 5.32 Å². The summed E-state index contributed by atoms with van der Waals surface area (Å²) in [5.74, 6) is -1.03. The lowest BCUT2D eigenvalue weighted by Crippen LogP contribution is -2.55. The van der Waals surface area contributed by atoms with Crippen LogP contribution >= 0.6 is 0 Å². The lowest BCUT2D eigenvalue weighted by atomic mass is 10.0. The number of ether oxygens (including phenoxy) is 2. The molecule has 0 spiro atoms. The largest absolute Gasteiger partial charge is 0.465 e. The second-order valence-corrected chi connectivity index (χ2v) is 9.21. The van der Waals surface area contributed by atoms with Gasteiger partial charge in [0.25, 0.3) is 5.91 Å². The van der Waals surface area contributed by atoms with Crippen molar-refractivity contribution in [3.05, 3.63) is 64.7 Å². The summed E-state index contributed by atoms with van der Waals surface area (Å²) in [4.78, 5) is 38.3. The number of anilines is 1. The van der Waals surface area contributed by atoms with Gasteiger partial charge in [-0.15, -0.1) is 0 Å². The van der Waals surface area contributed by atoms with Gasteiger partial charge < -0.3 is 19.3 Å². The van der Waals surface area contributed by atoms with E-state index in [2.05, 4.69) is 5.32 Å². The summed E-state index contributed by atoms with van der Waals surface area (Å²) in [6, 6.07) is 13.2. The molecule has 7 heteroatoms. The number of carbonyl (C=O) groups excluding carboxylic acids is 3. The molecule has 34 heavy (non-hydrogen) atoms. The number of quaternary nitrogens is 1. The number of likely N-dealkylation sites (tertiary alicyclic amines) is 1. The first-order valence-electron chi connectivity index (χ1n) is 11.9. The Kier molecular flexibility index (Phi) is 8.82. The van der Waals surface area contributed by atoms with Crippen molar-refractivity contribution >= 4 is 23.5 Å². The van der Waals surface area contributed by atoms with E-state index in [-0.39, 0.29) is 31.6 Å². The minimum Gasteiger partial charge on any atom is -0.465 e. The molecule has 2 aromatic carbocycles. The Morgan fingerprint density at radius 3 is 2.26 bits per heavy atom. The average Bonchev–Trinajstić information content (AvgIpc) is 3.04. The van der Waals surface area contributed by atoms with Crippen LogP contribution in [-0.4, -0.2) is 55.6 Å². The van der Waals surface area contributed by atoms with Crippen LogP contribution in [0.3, 0.4) is 0 Å². The zero-order valence-electron chi connectivity index (χ0n) is 20.4. The molecule has 0 aromatic heterocycles. The Labute approximate surface area is 201 Å². The van der Waals surface area contributed by atoms with E-state index < -0.39 is 5.97 Å². The van der Waals surface area contributed by atoms with Gasteiger partial charge in [0.05, 0.1) is 31.5 Å². The molecule has 1 aliphatic heterocycles. The minimum atomic E-state index is -0.495. The molecule has 1 fully saturated rings. The normalized spacial score (nSPS) is 15.1. The van der Waals surface area contributed by atoms with Gasteiger partial charge in [0.2, 0.25) is 0 Å². The average molecular weight is 468 g/mol. The van der Waals surface area contributed by atoms with Crippen LogP contribution in [-0.2, 0) is 25.7 Å². The standard InChI is InChI=1S/C27H34N2O5/c1-20-15-21(2)26(23(16-20)27(32)33-3)28-24(30)17-29(13-9-4-5-10-14-29)18-25(31)34-19-22-11-7-6-8-12-22/h6-8,11-12,15-16H,4-5,9-10,13-14,17-19H2,1-3H3/p+1. The third kappa shape index (κ3) is 6.90. The van der Waals surface area contributed by atoms with E-state index >= 15 is 0 Å². The van der Waals surface area contributed by atoms with E-state index in [1.807, 2.05) is 50.2 Å². The minimum absolute atomic E-state index is 0.147. The van der Waals surface area contributed by atoms with E-state index in [4.69, 9.17) is 9.47 Å². The molecule has 1 N–H and O–H groups in total. The molecule has 1 saturated heterocycles. The van der Waals surface area contributed by atoms with E-state index in [1.54, 1.807) is 6.07 Å². The van der Waals surface area contributed by atoms with Crippen LogP contribution in [0.15, 0.2) is 42.5 Å². The molecule has 2 aromatic rings. The van der Waals surface area contributed by atoms with Crippen molar-refractivity contribution in [1.29, 1.82) is 0 Å². The van der Waals surface area contributed by atoms with Gasteiger partial charge in [-0.1, -0.05) is 36.4 Å². The number of amides is 1. The van der Waals surface area contributed by atoms with Crippen molar-refractivity contribution in [2.75, 3.05) is 38.6 Å². The van der Waals surface area contributed by atoms with E-state index in [9.17, 15) is 14.4 Å². The van der Waals surface area contributed by atoms with Crippen LogP contribution in [0, 0.1) is 13.8 Å². The van der Waals surface area contributed by atoms with E-state index in [1.165, 1.54) is 7.11 Å². The SMILES string of the molecule is COC(=O)c1cc(C)cc(C)c1NC(=O)C[N+]1(CC(=O)OCc2ccccc2)CCCCCC1. The van der Waals surface area contributed by atoms with Crippen molar-refractivity contribution in [2.24, 2.45) is 0 Å². The molecule has 0 atom stereocenters. The highest BCUT2D eigenvalue weighted by Gasteiger charge is 2.35. The fourth-order valence-electron chi connectivity index (χ4n) is 4.68. The van der Waals surface area contributed by atoms with Crippen molar-refractivity contribution in [1.82, 2.24) is 0 Å². The molecule has 1 heterocycles. The van der Waals surface area contributed by atoms with Crippen LogP contribution in [0.4, 0.5) is 5.69 Å². The fraction of sp³-hybridized carbons (Fsp3) is 0.444. The van der Waals surface area contributed by atoms with Gasteiger partial charge in [-0.2, -0.15) is 0 Å². The summed E-state index contributed by atoms with van der Waals surface area (Å²) < 4.78 is 10.8. The Morgan fingerprint density at radius 1 is 0.941 bits per heavy atom. The quantitative estimate of drug-likeness (QED) is 0.466. The Hall–Kier alpha value is -3.19. The maximum atomic E-state index is 13.2. The maximum absolute atomic E-state index is 13.2. The van der Waals surface area contributed by atoms with Gasteiger partial charge in [0, 0.05) is 0 Å². The second kappa shape index (κ2) is 11.8. The monoisotopic (exact) mass is 467 g/mol. The molecule has 0 aliphatic carbocycles. The van der Waals surface area contributed by atoms with Gasteiger partial charge >= 0.3 is 11.9 Å². The van der Waals surface area contributed by atoms with Crippen LogP contribution in [0.25, 0.3) is 0 Å². The van der Waals surface area contributed by atoms with E-state index in [0.29, 0.717) is 15.7 Å². The Bertz CT molecular complexity index is 1010. The number of rotatable bonds is 8. The molecule has 182 valence electrons. The Morgan fingerprint density at radius 2 is 1.62 bits per heavy atom. The number of nitrogens with one attached hydrogen (secondary N) is 1. The number of benzene rings is 2. The lowest BCUT2D eigenvalue weighted by Gasteiger charge is -2.36. The number of hydrogen-bond acceptors (Lipinski definition) is 5. The van der Waals surface area contributed by atoms with Gasteiger partial charge in [0.1, 0.15) is 6.61 Å². The van der Waals surface area contributed by atoms with Crippen molar-refractivity contribution in [3.63, 3.8) is 0 Å². The summed E-state index contributed by atoms with van der Waals surface area (Å²) in [6.45, 7) is 5.74. The summed E-state index contributed by atoms with van der Waals surface area (Å²) in [5, 5.41) is 2.94. The van der Waals surface area contributed by atoms with Gasteiger partial charge in [-0.05, 0) is 62.3 Å². The molecule has 1 amide bonds. The van der Waals surface area contributed by atoms with Crippen molar-refractivity contribution in [3.8, 4) is 0 Å². The molecule has 0 radical (unpaired) electrons. The highest BCUT2D eigenvalue weighted by molar-refractivity contribution is 6.02. The molecule has 7 nitrogen and oxygen atoms in total. The zero-order valence-corrected chi connectivity index (χ0v) is 20.4. The molecule has 1 aliphatic rings. The first-order valence-corrected chi connectivity index (χ1v) is 11.9. The molecule has 0 unspecified atom stereocenters.